The molecule has 1 atom stereocenters. The maximum absolute atomic E-state index is 12.3. The van der Waals surface area contributed by atoms with Crippen LogP contribution in [0.15, 0.2) is 24.3 Å². The standard InChI is InChI=1S/C23H40N2O5S2/c1-19(2)24-9-6-11-27-13-15-29-16-14-28-12-10-25-23(26)21-7-5-8-22(17-21)30-18-20(3)32-31-4/h5,7-8,17,19-20,24H,6,9-16,18H2,1-4H3,(H,25,26)/t20-/m0/s1. The van der Waals surface area contributed by atoms with E-state index in [2.05, 4.69) is 31.4 Å². The zero-order chi connectivity index (χ0) is 23.4. The molecule has 0 aliphatic heterocycles. The van der Waals surface area contributed by atoms with E-state index in [1.807, 2.05) is 18.4 Å². The van der Waals surface area contributed by atoms with E-state index in [1.54, 1.807) is 33.7 Å². The van der Waals surface area contributed by atoms with Crippen LogP contribution in [0.5, 0.6) is 5.75 Å². The van der Waals surface area contributed by atoms with Crippen molar-refractivity contribution in [3.63, 3.8) is 0 Å². The van der Waals surface area contributed by atoms with E-state index in [9.17, 15) is 4.79 Å². The van der Waals surface area contributed by atoms with Gasteiger partial charge in [-0.25, -0.2) is 0 Å². The minimum atomic E-state index is -0.136. The van der Waals surface area contributed by atoms with E-state index in [0.29, 0.717) is 68.8 Å². The summed E-state index contributed by atoms with van der Waals surface area (Å²) in [5.74, 6) is 0.568. The first kappa shape index (κ1) is 29.1. The third-order valence-corrected chi connectivity index (χ3v) is 6.36. The van der Waals surface area contributed by atoms with Gasteiger partial charge in [-0.15, -0.1) is 0 Å². The first-order valence-electron chi connectivity index (χ1n) is 11.2. The molecule has 0 heterocycles. The monoisotopic (exact) mass is 488 g/mol. The van der Waals surface area contributed by atoms with E-state index >= 15 is 0 Å². The van der Waals surface area contributed by atoms with E-state index in [1.165, 1.54) is 0 Å². The summed E-state index contributed by atoms with van der Waals surface area (Å²) in [4.78, 5) is 12.3. The van der Waals surface area contributed by atoms with Crippen LogP contribution >= 0.6 is 21.6 Å². The van der Waals surface area contributed by atoms with Crippen molar-refractivity contribution in [1.29, 1.82) is 0 Å². The zero-order valence-electron chi connectivity index (χ0n) is 19.9. The van der Waals surface area contributed by atoms with E-state index in [4.69, 9.17) is 18.9 Å². The van der Waals surface area contributed by atoms with Crippen LogP contribution in [0.2, 0.25) is 0 Å². The molecule has 0 aliphatic carbocycles. The van der Waals surface area contributed by atoms with Crippen molar-refractivity contribution in [3.8, 4) is 5.75 Å². The molecule has 1 aromatic rings. The quantitative estimate of drug-likeness (QED) is 0.213. The predicted octanol–water partition coefficient (Wildman–Crippen LogP) is 3.63. The highest BCUT2D eigenvalue weighted by atomic mass is 33.1. The Balaban J connectivity index is 2.01. The number of rotatable bonds is 20. The maximum atomic E-state index is 12.3. The summed E-state index contributed by atoms with van der Waals surface area (Å²) in [6.07, 6.45) is 3.05. The van der Waals surface area contributed by atoms with Gasteiger partial charge in [0.2, 0.25) is 0 Å². The second kappa shape index (κ2) is 19.5. The van der Waals surface area contributed by atoms with Gasteiger partial charge < -0.3 is 29.6 Å². The topological polar surface area (TPSA) is 78.1 Å². The number of hydrogen-bond donors (Lipinski definition) is 2. The Morgan fingerprint density at radius 1 is 0.969 bits per heavy atom. The molecule has 1 rings (SSSR count). The van der Waals surface area contributed by atoms with E-state index in [-0.39, 0.29) is 5.91 Å². The minimum absolute atomic E-state index is 0.136. The lowest BCUT2D eigenvalue weighted by molar-refractivity contribution is 0.0147. The summed E-state index contributed by atoms with van der Waals surface area (Å²) in [5, 5.41) is 6.59. The lowest BCUT2D eigenvalue weighted by Crippen LogP contribution is -2.27. The minimum Gasteiger partial charge on any atom is -0.492 e. The highest BCUT2D eigenvalue weighted by molar-refractivity contribution is 8.76. The molecule has 32 heavy (non-hydrogen) atoms. The predicted molar refractivity (Wildman–Crippen MR) is 135 cm³/mol. The number of carbonyl (C=O) groups is 1. The molecule has 7 nitrogen and oxygen atoms in total. The summed E-state index contributed by atoms with van der Waals surface area (Å²) in [6, 6.07) is 7.76. The number of benzene rings is 1. The van der Waals surface area contributed by atoms with Crippen molar-refractivity contribution in [2.24, 2.45) is 0 Å². The van der Waals surface area contributed by atoms with Crippen LogP contribution in [-0.2, 0) is 14.2 Å². The Morgan fingerprint density at radius 3 is 2.34 bits per heavy atom. The Kier molecular flexibility index (Phi) is 17.7. The molecule has 0 radical (unpaired) electrons. The Labute approximate surface area is 201 Å². The molecule has 0 fully saturated rings. The second-order valence-electron chi connectivity index (χ2n) is 7.47. The Bertz CT molecular complexity index is 608. The fourth-order valence-electron chi connectivity index (χ4n) is 2.58. The second-order valence-corrected chi connectivity index (χ2v) is 10.4. The van der Waals surface area contributed by atoms with Crippen molar-refractivity contribution >= 4 is 27.5 Å². The Hall–Kier alpha value is -0.970. The summed E-state index contributed by atoms with van der Waals surface area (Å²) in [5.41, 5.74) is 0.580. The van der Waals surface area contributed by atoms with Gasteiger partial charge in [-0.3, -0.25) is 4.79 Å². The third-order valence-electron chi connectivity index (χ3n) is 4.14. The number of ether oxygens (including phenoxy) is 4. The largest absolute Gasteiger partial charge is 0.492 e. The highest BCUT2D eigenvalue weighted by Crippen LogP contribution is 2.24. The van der Waals surface area contributed by atoms with E-state index < -0.39 is 0 Å². The molecule has 184 valence electrons. The van der Waals surface area contributed by atoms with Crippen LogP contribution in [0.25, 0.3) is 0 Å². The van der Waals surface area contributed by atoms with Gasteiger partial charge in [0.15, 0.2) is 0 Å². The van der Waals surface area contributed by atoms with Crippen molar-refractivity contribution in [1.82, 2.24) is 10.6 Å². The van der Waals surface area contributed by atoms with Crippen LogP contribution in [0, 0.1) is 0 Å². The molecular weight excluding hydrogens is 448 g/mol. The molecular formula is C23H40N2O5S2. The summed E-state index contributed by atoms with van der Waals surface area (Å²) < 4.78 is 22.3. The number of amides is 1. The van der Waals surface area contributed by atoms with Crippen LogP contribution in [-0.4, -0.2) is 82.8 Å². The summed E-state index contributed by atoms with van der Waals surface area (Å²) in [7, 11) is 3.49. The molecule has 2 N–H and O–H groups in total. The smallest absolute Gasteiger partial charge is 0.251 e. The van der Waals surface area contributed by atoms with Crippen LogP contribution in [0.4, 0.5) is 0 Å². The fourth-order valence-corrected chi connectivity index (χ4v) is 4.18. The van der Waals surface area contributed by atoms with Gasteiger partial charge in [0, 0.05) is 30.0 Å². The number of hydrogen-bond acceptors (Lipinski definition) is 8. The molecule has 1 amide bonds. The third kappa shape index (κ3) is 15.8. The molecule has 0 aromatic heterocycles. The molecule has 9 heteroatoms. The van der Waals surface area contributed by atoms with Crippen molar-refractivity contribution < 1.29 is 23.7 Å². The molecule has 1 aromatic carbocycles. The summed E-state index contributed by atoms with van der Waals surface area (Å²) >= 11 is 0. The normalized spacial score (nSPS) is 12.2. The van der Waals surface area contributed by atoms with Gasteiger partial charge in [-0.1, -0.05) is 41.5 Å². The Morgan fingerprint density at radius 2 is 1.66 bits per heavy atom. The SMILES string of the molecule is CSS[C@@H](C)COc1cccc(C(=O)NCCOCCOCCOCCCNC(C)C)c1. The molecule has 0 saturated heterocycles. The number of carbonyl (C=O) groups excluding carboxylic acids is 1. The average Bonchev–Trinajstić information content (AvgIpc) is 2.78. The maximum Gasteiger partial charge on any atom is 0.251 e. The first-order valence-corrected chi connectivity index (χ1v) is 13.8. The molecule has 0 bridgehead atoms. The fraction of sp³-hybridized carbons (Fsp3) is 0.696. The zero-order valence-corrected chi connectivity index (χ0v) is 21.5. The lowest BCUT2D eigenvalue weighted by Gasteiger charge is -2.12. The van der Waals surface area contributed by atoms with Crippen molar-refractivity contribution in [2.45, 2.75) is 38.5 Å². The van der Waals surface area contributed by atoms with Gasteiger partial charge >= 0.3 is 0 Å². The van der Waals surface area contributed by atoms with Gasteiger partial charge in [0.1, 0.15) is 12.4 Å². The number of nitrogens with one attached hydrogen (secondary N) is 2. The average molecular weight is 489 g/mol. The van der Waals surface area contributed by atoms with Gasteiger partial charge in [-0.2, -0.15) is 0 Å². The van der Waals surface area contributed by atoms with Crippen molar-refractivity contribution in [2.75, 3.05) is 65.6 Å². The van der Waals surface area contributed by atoms with Crippen molar-refractivity contribution in [3.05, 3.63) is 29.8 Å². The molecule has 0 aliphatic rings. The van der Waals surface area contributed by atoms with Crippen LogP contribution in [0.3, 0.4) is 0 Å². The van der Waals surface area contributed by atoms with Gasteiger partial charge in [0.25, 0.3) is 5.91 Å². The molecule has 0 spiro atoms. The molecule has 0 unspecified atom stereocenters. The lowest BCUT2D eigenvalue weighted by atomic mass is 10.2. The van der Waals surface area contributed by atoms with Gasteiger partial charge in [0.05, 0.1) is 33.0 Å². The molecule has 0 saturated carbocycles. The van der Waals surface area contributed by atoms with Crippen LogP contribution in [0.1, 0.15) is 37.6 Å². The van der Waals surface area contributed by atoms with Gasteiger partial charge in [-0.05, 0) is 44.3 Å². The highest BCUT2D eigenvalue weighted by Gasteiger charge is 2.08. The summed E-state index contributed by atoms with van der Waals surface area (Å²) in [6.45, 7) is 11.7. The van der Waals surface area contributed by atoms with E-state index in [0.717, 1.165) is 19.6 Å². The van der Waals surface area contributed by atoms with Crippen LogP contribution < -0.4 is 15.4 Å². The first-order chi connectivity index (χ1) is 15.5.